The zero-order chi connectivity index (χ0) is 15.4. The van der Waals surface area contributed by atoms with E-state index in [1.165, 1.54) is 41.5 Å². The van der Waals surface area contributed by atoms with Crippen LogP contribution in [0.2, 0.25) is 0 Å². The summed E-state index contributed by atoms with van der Waals surface area (Å²) < 4.78 is 40.8. The molecule has 1 N–H and O–H groups in total. The summed E-state index contributed by atoms with van der Waals surface area (Å²) in [5.74, 6) is 0.0189. The van der Waals surface area contributed by atoms with E-state index in [9.17, 15) is 18.1 Å². The molecule has 0 fully saturated rings. The fourth-order valence-corrected chi connectivity index (χ4v) is 2.07. The average Bonchev–Trinajstić information content (AvgIpc) is 2.87. The fraction of sp³-hybridized carbons (Fsp3) is 0.333. The normalized spacial score (nSPS) is 14.1. The monoisotopic (exact) mass is 317 g/mol. The van der Waals surface area contributed by atoms with Crippen molar-refractivity contribution in [2.75, 3.05) is 6.26 Å². The minimum absolute atomic E-state index is 0.0189. The van der Waals surface area contributed by atoms with E-state index in [1.807, 2.05) is 0 Å². The quantitative estimate of drug-likeness (QED) is 0.870. The first-order valence-electron chi connectivity index (χ1n) is 5.91. The Labute approximate surface area is 121 Å². The number of alkyl halides is 2. The van der Waals surface area contributed by atoms with Crippen LogP contribution in [0.4, 0.5) is 8.78 Å². The molecule has 21 heavy (non-hydrogen) atoms. The molecule has 0 aliphatic heterocycles. The van der Waals surface area contributed by atoms with Crippen molar-refractivity contribution in [1.29, 1.82) is 0 Å². The Kier molecular flexibility index (Phi) is 4.97. The van der Waals surface area contributed by atoms with Gasteiger partial charge in [0.1, 0.15) is 12.1 Å². The molecular formula is C12H13F2N3O3S. The summed E-state index contributed by atoms with van der Waals surface area (Å²) in [6.07, 6.45) is 1.93. The standard InChI is InChI=1S/C12H13F2N3O3S/c1-21(19)12-15-7-17(16-12)6-10(18)8-2-4-9(5-3-8)20-11(13)14/h2-5,7,10-11,18H,6H2,1H3. The molecule has 0 amide bonds. The second-order valence-corrected chi connectivity index (χ2v) is 5.44. The summed E-state index contributed by atoms with van der Waals surface area (Å²) in [6.45, 7) is -2.77. The summed E-state index contributed by atoms with van der Waals surface area (Å²) >= 11 is 0. The molecule has 0 aliphatic carbocycles. The maximum atomic E-state index is 12.0. The number of nitrogens with zero attached hydrogens (tertiary/aromatic N) is 3. The molecule has 2 atom stereocenters. The zero-order valence-corrected chi connectivity index (χ0v) is 11.8. The second kappa shape index (κ2) is 6.72. The van der Waals surface area contributed by atoms with E-state index in [1.54, 1.807) is 0 Å². The van der Waals surface area contributed by atoms with Gasteiger partial charge in [0.2, 0.25) is 5.16 Å². The number of benzene rings is 1. The number of halogens is 2. The highest BCUT2D eigenvalue weighted by atomic mass is 32.2. The van der Waals surface area contributed by atoms with Crippen LogP contribution in [0.3, 0.4) is 0 Å². The van der Waals surface area contributed by atoms with Crippen LogP contribution < -0.4 is 4.74 Å². The van der Waals surface area contributed by atoms with E-state index in [4.69, 9.17) is 0 Å². The average molecular weight is 317 g/mol. The summed E-state index contributed by atoms with van der Waals surface area (Å²) in [5.41, 5.74) is 0.520. The fourth-order valence-electron chi connectivity index (χ4n) is 1.65. The van der Waals surface area contributed by atoms with Gasteiger partial charge in [0.15, 0.2) is 0 Å². The van der Waals surface area contributed by atoms with Gasteiger partial charge >= 0.3 is 6.61 Å². The number of rotatable bonds is 6. The Morgan fingerprint density at radius 2 is 2.05 bits per heavy atom. The summed E-state index contributed by atoms with van der Waals surface area (Å²) in [6, 6.07) is 5.66. The molecular weight excluding hydrogens is 304 g/mol. The van der Waals surface area contributed by atoms with Gasteiger partial charge in [0.25, 0.3) is 0 Å². The highest BCUT2D eigenvalue weighted by Gasteiger charge is 2.12. The van der Waals surface area contributed by atoms with E-state index in [0.29, 0.717) is 5.56 Å². The summed E-state index contributed by atoms with van der Waals surface area (Å²) in [5, 5.41) is 14.2. The number of hydrogen-bond acceptors (Lipinski definition) is 5. The van der Waals surface area contributed by atoms with E-state index >= 15 is 0 Å². The third-order valence-electron chi connectivity index (χ3n) is 2.62. The molecule has 2 aromatic rings. The van der Waals surface area contributed by atoms with Crippen LogP contribution >= 0.6 is 0 Å². The van der Waals surface area contributed by atoms with Crippen molar-refractivity contribution in [2.45, 2.75) is 24.4 Å². The Bertz CT molecular complexity index is 618. The molecule has 114 valence electrons. The maximum Gasteiger partial charge on any atom is 0.387 e. The lowest BCUT2D eigenvalue weighted by Gasteiger charge is -2.11. The largest absolute Gasteiger partial charge is 0.435 e. The third kappa shape index (κ3) is 4.30. The molecule has 1 aromatic heterocycles. The Morgan fingerprint density at radius 3 is 2.57 bits per heavy atom. The minimum atomic E-state index is -2.88. The van der Waals surface area contributed by atoms with E-state index in [2.05, 4.69) is 14.8 Å². The first kappa shape index (κ1) is 15.5. The number of aliphatic hydroxyl groups is 1. The van der Waals surface area contributed by atoms with Crippen molar-refractivity contribution in [1.82, 2.24) is 14.8 Å². The van der Waals surface area contributed by atoms with Gasteiger partial charge in [-0.25, -0.2) is 9.67 Å². The van der Waals surface area contributed by atoms with Crippen LogP contribution in [-0.4, -0.2) is 36.9 Å². The smallest absolute Gasteiger partial charge is 0.387 e. The number of ether oxygens (including phenoxy) is 1. The second-order valence-electron chi connectivity index (χ2n) is 4.17. The number of hydrogen-bond donors (Lipinski definition) is 1. The highest BCUT2D eigenvalue weighted by molar-refractivity contribution is 7.84. The van der Waals surface area contributed by atoms with Crippen molar-refractivity contribution in [3.63, 3.8) is 0 Å². The van der Waals surface area contributed by atoms with Crippen LogP contribution in [0.1, 0.15) is 11.7 Å². The van der Waals surface area contributed by atoms with E-state index in [-0.39, 0.29) is 17.5 Å². The molecule has 0 saturated carbocycles. The van der Waals surface area contributed by atoms with Gasteiger partial charge in [-0.3, -0.25) is 4.21 Å². The lowest BCUT2D eigenvalue weighted by molar-refractivity contribution is -0.0498. The molecule has 1 aromatic carbocycles. The van der Waals surface area contributed by atoms with Crippen LogP contribution in [0.25, 0.3) is 0 Å². The molecule has 0 spiro atoms. The first-order chi connectivity index (χ1) is 9.95. The predicted molar refractivity (Wildman–Crippen MR) is 70.4 cm³/mol. The van der Waals surface area contributed by atoms with Crippen molar-refractivity contribution in [3.8, 4) is 5.75 Å². The van der Waals surface area contributed by atoms with Crippen LogP contribution in [0.5, 0.6) is 5.75 Å². The van der Waals surface area contributed by atoms with Gasteiger partial charge in [0.05, 0.1) is 23.4 Å². The summed E-state index contributed by atoms with van der Waals surface area (Å²) in [4.78, 5) is 3.85. The minimum Gasteiger partial charge on any atom is -0.435 e. The molecule has 0 saturated heterocycles. The van der Waals surface area contributed by atoms with Crippen molar-refractivity contribution in [3.05, 3.63) is 36.2 Å². The topological polar surface area (TPSA) is 77.2 Å². The van der Waals surface area contributed by atoms with Crippen molar-refractivity contribution < 1.29 is 22.8 Å². The van der Waals surface area contributed by atoms with Crippen LogP contribution in [0.15, 0.2) is 35.7 Å². The van der Waals surface area contributed by atoms with Gasteiger partial charge in [-0.05, 0) is 17.7 Å². The third-order valence-corrected chi connectivity index (χ3v) is 3.32. The van der Waals surface area contributed by atoms with Gasteiger partial charge in [-0.2, -0.15) is 8.78 Å². The van der Waals surface area contributed by atoms with E-state index < -0.39 is 23.5 Å². The molecule has 2 unspecified atom stereocenters. The maximum absolute atomic E-state index is 12.0. The molecule has 2 rings (SSSR count). The molecule has 0 bridgehead atoms. The Hall–Kier alpha value is -1.87. The van der Waals surface area contributed by atoms with Gasteiger partial charge in [0, 0.05) is 6.26 Å². The zero-order valence-electron chi connectivity index (χ0n) is 11.0. The van der Waals surface area contributed by atoms with Crippen LogP contribution in [0, 0.1) is 0 Å². The van der Waals surface area contributed by atoms with Crippen LogP contribution in [-0.2, 0) is 17.3 Å². The van der Waals surface area contributed by atoms with Crippen molar-refractivity contribution >= 4 is 10.8 Å². The SMILES string of the molecule is CS(=O)c1ncn(CC(O)c2ccc(OC(F)F)cc2)n1. The highest BCUT2D eigenvalue weighted by Crippen LogP contribution is 2.20. The van der Waals surface area contributed by atoms with E-state index in [0.717, 1.165) is 0 Å². The first-order valence-corrected chi connectivity index (χ1v) is 7.47. The van der Waals surface area contributed by atoms with Crippen molar-refractivity contribution in [2.24, 2.45) is 0 Å². The van der Waals surface area contributed by atoms with Gasteiger partial charge in [-0.1, -0.05) is 12.1 Å². The molecule has 9 heteroatoms. The number of aromatic nitrogens is 3. The van der Waals surface area contributed by atoms with Gasteiger partial charge < -0.3 is 9.84 Å². The summed E-state index contributed by atoms with van der Waals surface area (Å²) in [7, 11) is -1.29. The lowest BCUT2D eigenvalue weighted by Crippen LogP contribution is -2.10. The Balaban J connectivity index is 2.02. The molecule has 0 aliphatic rings. The predicted octanol–water partition coefficient (Wildman–Crippen LogP) is 1.35. The molecule has 1 heterocycles. The lowest BCUT2D eigenvalue weighted by atomic mass is 10.1. The molecule has 0 radical (unpaired) electrons. The number of aliphatic hydroxyl groups excluding tert-OH is 1. The Morgan fingerprint density at radius 1 is 1.38 bits per heavy atom. The molecule has 6 nitrogen and oxygen atoms in total. The van der Waals surface area contributed by atoms with Gasteiger partial charge in [-0.15, -0.1) is 5.10 Å².